The van der Waals surface area contributed by atoms with Crippen LogP contribution in [0.15, 0.2) is 96.0 Å². The van der Waals surface area contributed by atoms with E-state index in [1.165, 1.54) is 5.56 Å². The predicted octanol–water partition coefficient (Wildman–Crippen LogP) is 8.91. The van der Waals surface area contributed by atoms with Crippen molar-refractivity contribution >= 4 is 52.2 Å². The maximum absolute atomic E-state index is 14.2. The summed E-state index contributed by atoms with van der Waals surface area (Å²) in [5.74, 6) is 1.83. The zero-order valence-corrected chi connectivity index (χ0v) is 36.3. The molecule has 62 heavy (non-hydrogen) atoms. The fourth-order valence-electron chi connectivity index (χ4n) is 9.30. The molecule has 0 saturated heterocycles. The third kappa shape index (κ3) is 7.65. The number of carbonyl (C=O) groups excluding carboxylic acids is 3. The Morgan fingerprint density at radius 3 is 2.16 bits per heavy atom. The van der Waals surface area contributed by atoms with E-state index in [0.717, 1.165) is 64.3 Å². The minimum absolute atomic E-state index is 0.00960. The van der Waals surface area contributed by atoms with Crippen LogP contribution in [-0.2, 0) is 30.8 Å². The van der Waals surface area contributed by atoms with Crippen LogP contribution in [0.1, 0.15) is 75.2 Å². The van der Waals surface area contributed by atoms with E-state index < -0.39 is 0 Å². The SMILES string of the molecule is COc1cc2c(cc1OCc1cc(COc3cc4c(cc3C)C(=O)N3c5ccccc5C[C@H]3C=N4)cc(N(C)CCCC(=O)C(C)C)c1)N(C)C[C@@H]1Cc3ccccc3N1C2=O. The van der Waals surface area contributed by atoms with E-state index in [0.29, 0.717) is 53.6 Å². The first kappa shape index (κ1) is 40.8. The third-order valence-corrected chi connectivity index (χ3v) is 12.7. The highest BCUT2D eigenvalue weighted by Crippen LogP contribution is 2.43. The molecule has 0 saturated carbocycles. The second kappa shape index (κ2) is 16.7. The molecule has 2 amide bonds. The molecule has 0 aromatic heterocycles. The van der Waals surface area contributed by atoms with Crippen LogP contribution in [0.25, 0.3) is 0 Å². The third-order valence-electron chi connectivity index (χ3n) is 12.7. The standard InChI is InChI=1S/C51H53N5O6/c1-31(2)46(57)16-11-17-53(4)37-20-33(29-61-47-25-42-40(18-32(47)3)50(58)55-38(27-52-42)22-35-12-7-9-14-43(35)55)19-34(21-37)30-62-49-26-45-41(24-48(49)60-6)51(59)56-39(28-54(45)5)23-36-13-8-10-15-44(36)56/h7-10,12-15,18-21,24-27,31,38-39H,11,16-17,22-23,28-30H2,1-6H3/t38-,39-/m0/s1. The second-order valence-electron chi connectivity index (χ2n) is 17.3. The van der Waals surface area contributed by atoms with Crippen LogP contribution in [0.3, 0.4) is 0 Å². The maximum atomic E-state index is 14.2. The van der Waals surface area contributed by atoms with Gasteiger partial charge in [0.1, 0.15) is 24.7 Å². The highest BCUT2D eigenvalue weighted by molar-refractivity contribution is 6.15. The molecule has 0 spiro atoms. The number of likely N-dealkylation sites (N-methyl/N-ethyl adjacent to an activating group) is 1. The summed E-state index contributed by atoms with van der Waals surface area (Å²) in [6.45, 7) is 7.70. The van der Waals surface area contributed by atoms with Crippen molar-refractivity contribution in [3.05, 3.63) is 130 Å². The highest BCUT2D eigenvalue weighted by Gasteiger charge is 2.40. The quantitative estimate of drug-likeness (QED) is 0.116. The summed E-state index contributed by atoms with van der Waals surface area (Å²) in [5, 5.41) is 0. The molecule has 4 heterocycles. The molecule has 0 bridgehead atoms. The summed E-state index contributed by atoms with van der Waals surface area (Å²) < 4.78 is 19.0. The lowest BCUT2D eigenvalue weighted by Gasteiger charge is -2.25. The number of rotatable bonds is 13. The lowest BCUT2D eigenvalue weighted by atomic mass is 10.0. The number of methoxy groups -OCH3 is 1. The van der Waals surface area contributed by atoms with E-state index in [2.05, 4.69) is 40.1 Å². The monoisotopic (exact) mass is 831 g/mol. The fourth-order valence-corrected chi connectivity index (χ4v) is 9.30. The largest absolute Gasteiger partial charge is 0.493 e. The number of aryl methyl sites for hydroxylation is 1. The molecule has 318 valence electrons. The van der Waals surface area contributed by atoms with Crippen LogP contribution in [0.4, 0.5) is 28.4 Å². The van der Waals surface area contributed by atoms with Crippen LogP contribution >= 0.6 is 0 Å². The van der Waals surface area contributed by atoms with E-state index in [9.17, 15) is 14.4 Å². The molecular formula is C51H53N5O6. The van der Waals surface area contributed by atoms with Gasteiger partial charge >= 0.3 is 0 Å². The van der Waals surface area contributed by atoms with E-state index in [-0.39, 0.29) is 48.8 Å². The Balaban J connectivity index is 0.969. The number of hydrogen-bond donors (Lipinski definition) is 0. The van der Waals surface area contributed by atoms with Crippen molar-refractivity contribution in [1.82, 2.24) is 0 Å². The summed E-state index contributed by atoms with van der Waals surface area (Å²) >= 11 is 0. The molecule has 5 aromatic carbocycles. The van der Waals surface area contributed by atoms with Gasteiger partial charge in [-0.05, 0) is 90.0 Å². The van der Waals surface area contributed by atoms with Crippen molar-refractivity contribution in [1.29, 1.82) is 0 Å². The molecule has 4 aliphatic rings. The summed E-state index contributed by atoms with van der Waals surface area (Å²) in [4.78, 5) is 53.5. The highest BCUT2D eigenvalue weighted by atomic mass is 16.5. The van der Waals surface area contributed by atoms with Crippen molar-refractivity contribution in [3.63, 3.8) is 0 Å². The summed E-state index contributed by atoms with van der Waals surface area (Å²) in [7, 11) is 5.65. The second-order valence-corrected chi connectivity index (χ2v) is 17.3. The molecular weight excluding hydrogens is 779 g/mol. The molecule has 0 unspecified atom stereocenters. The number of ether oxygens (including phenoxy) is 3. The van der Waals surface area contributed by atoms with Gasteiger partial charge in [0.15, 0.2) is 11.5 Å². The average molecular weight is 832 g/mol. The first-order valence-corrected chi connectivity index (χ1v) is 21.5. The van der Waals surface area contributed by atoms with E-state index in [4.69, 9.17) is 19.2 Å². The number of para-hydroxylation sites is 2. The lowest BCUT2D eigenvalue weighted by molar-refractivity contribution is -0.121. The number of Topliss-reactive ketones (excluding diaryl/α,β-unsaturated/α-hetero) is 1. The van der Waals surface area contributed by atoms with E-state index in [1.807, 2.05) is 105 Å². The molecule has 2 atom stereocenters. The van der Waals surface area contributed by atoms with Crippen molar-refractivity contribution < 1.29 is 28.6 Å². The van der Waals surface area contributed by atoms with E-state index >= 15 is 0 Å². The van der Waals surface area contributed by atoms with Crippen molar-refractivity contribution in [2.24, 2.45) is 10.9 Å². The summed E-state index contributed by atoms with van der Waals surface area (Å²) in [6.07, 6.45) is 4.67. The van der Waals surface area contributed by atoms with Gasteiger partial charge in [-0.25, -0.2) is 0 Å². The Morgan fingerprint density at radius 2 is 1.45 bits per heavy atom. The molecule has 0 aliphatic carbocycles. The minimum atomic E-state index is -0.133. The molecule has 0 fully saturated rings. The first-order valence-electron chi connectivity index (χ1n) is 21.5. The predicted molar refractivity (Wildman–Crippen MR) is 245 cm³/mol. The molecule has 11 heteroatoms. The maximum Gasteiger partial charge on any atom is 0.261 e. The summed E-state index contributed by atoms with van der Waals surface area (Å²) in [5.41, 5.74) is 10.4. The van der Waals surface area contributed by atoms with Gasteiger partial charge in [0.25, 0.3) is 11.8 Å². The molecule has 5 aromatic rings. The normalized spacial score (nSPS) is 17.1. The van der Waals surface area contributed by atoms with Gasteiger partial charge in [-0.15, -0.1) is 0 Å². The van der Waals surface area contributed by atoms with Crippen LogP contribution < -0.4 is 33.8 Å². The fraction of sp³-hybridized carbons (Fsp3) is 0.333. The van der Waals surface area contributed by atoms with Crippen molar-refractivity contribution in [3.8, 4) is 17.2 Å². The molecule has 11 nitrogen and oxygen atoms in total. The Hall–Kier alpha value is -6.62. The van der Waals surface area contributed by atoms with E-state index in [1.54, 1.807) is 13.2 Å². The van der Waals surface area contributed by atoms with Crippen molar-refractivity contribution in [2.75, 3.05) is 53.9 Å². The number of carbonyl (C=O) groups is 3. The zero-order chi connectivity index (χ0) is 43.2. The van der Waals surface area contributed by atoms with Gasteiger partial charge in [0, 0.05) is 81.4 Å². The molecule has 0 radical (unpaired) electrons. The number of aliphatic imine (C=N–C) groups is 1. The summed E-state index contributed by atoms with van der Waals surface area (Å²) in [6, 6.07) is 29.8. The molecule has 9 rings (SSSR count). The van der Waals surface area contributed by atoms with Gasteiger partial charge in [0.2, 0.25) is 0 Å². The minimum Gasteiger partial charge on any atom is -0.493 e. The zero-order valence-electron chi connectivity index (χ0n) is 36.3. The number of anilines is 4. The Labute approximate surface area is 363 Å². The van der Waals surface area contributed by atoms with Gasteiger partial charge in [-0.3, -0.25) is 24.3 Å². The van der Waals surface area contributed by atoms with Gasteiger partial charge in [-0.2, -0.15) is 0 Å². The van der Waals surface area contributed by atoms with Gasteiger partial charge in [0.05, 0.1) is 41.7 Å². The van der Waals surface area contributed by atoms with Gasteiger partial charge in [-0.1, -0.05) is 50.2 Å². The number of benzene rings is 5. The van der Waals surface area contributed by atoms with Crippen LogP contribution in [-0.4, -0.2) is 70.2 Å². The van der Waals surface area contributed by atoms with Crippen LogP contribution in [0.5, 0.6) is 17.2 Å². The molecule has 0 N–H and O–H groups in total. The van der Waals surface area contributed by atoms with Crippen LogP contribution in [0, 0.1) is 12.8 Å². The molecule has 4 aliphatic heterocycles. The number of hydrogen-bond acceptors (Lipinski definition) is 9. The Bertz CT molecular complexity index is 2620. The topological polar surface area (TPSA) is 104 Å². The number of fused-ring (bicyclic) bond motifs is 8. The number of ketones is 1. The Kier molecular flexibility index (Phi) is 11.0. The average Bonchev–Trinajstić information content (AvgIpc) is 3.77. The number of nitrogens with zero attached hydrogens (tertiary/aromatic N) is 5. The lowest BCUT2D eigenvalue weighted by Crippen LogP contribution is -2.41. The smallest absolute Gasteiger partial charge is 0.261 e. The van der Waals surface area contributed by atoms with Crippen LogP contribution in [0.2, 0.25) is 0 Å². The Morgan fingerprint density at radius 1 is 0.790 bits per heavy atom. The van der Waals surface area contributed by atoms with Crippen molar-refractivity contribution in [2.45, 2.75) is 71.8 Å². The first-order chi connectivity index (χ1) is 30.0. The van der Waals surface area contributed by atoms with Gasteiger partial charge < -0.3 is 28.9 Å². The number of amides is 2.